The zero-order chi connectivity index (χ0) is 17.7. The minimum absolute atomic E-state index is 0.0273. The summed E-state index contributed by atoms with van der Waals surface area (Å²) >= 11 is 0. The van der Waals surface area contributed by atoms with Crippen LogP contribution in [-0.4, -0.2) is 26.8 Å². The first-order chi connectivity index (χ1) is 11.3. The number of hydrogen-bond acceptors (Lipinski definition) is 3. The number of carbonyl (C=O) groups is 1. The summed E-state index contributed by atoms with van der Waals surface area (Å²) in [4.78, 5) is 16.2. The van der Waals surface area contributed by atoms with Gasteiger partial charge in [0, 0.05) is 5.69 Å². The van der Waals surface area contributed by atoms with E-state index in [1.54, 1.807) is 11.0 Å². The molecule has 2 N–H and O–H groups in total. The van der Waals surface area contributed by atoms with E-state index in [4.69, 9.17) is 0 Å². The van der Waals surface area contributed by atoms with Crippen molar-refractivity contribution in [1.29, 1.82) is 0 Å². The van der Waals surface area contributed by atoms with E-state index in [1.165, 1.54) is 11.9 Å². The van der Waals surface area contributed by atoms with Gasteiger partial charge in [-0.2, -0.15) is 5.10 Å². The molecule has 6 heteroatoms. The summed E-state index contributed by atoms with van der Waals surface area (Å²) in [5.41, 5.74) is 2.12. The van der Waals surface area contributed by atoms with E-state index in [0.717, 1.165) is 5.69 Å². The Bertz CT molecular complexity index is 641. The molecule has 0 fully saturated rings. The Morgan fingerprint density at radius 1 is 1.21 bits per heavy atom. The molecule has 0 saturated heterocycles. The molecule has 2 aromatic rings. The van der Waals surface area contributed by atoms with Crippen molar-refractivity contribution >= 4 is 11.7 Å². The van der Waals surface area contributed by atoms with Crippen molar-refractivity contribution in [2.45, 2.75) is 52.6 Å². The zero-order valence-corrected chi connectivity index (χ0v) is 15.1. The number of nitrogens with zero attached hydrogens (tertiary/aromatic N) is 3. The number of benzene rings is 1. The fraction of sp³-hybridized carbons (Fsp3) is 0.500. The molecule has 2 rings (SSSR count). The Kier molecular flexibility index (Phi) is 5.59. The van der Waals surface area contributed by atoms with Crippen LogP contribution in [0, 0.1) is 5.92 Å². The van der Waals surface area contributed by atoms with Gasteiger partial charge < -0.3 is 10.6 Å². The van der Waals surface area contributed by atoms with Gasteiger partial charge in [0.1, 0.15) is 12.7 Å². The number of anilines is 1. The topological polar surface area (TPSA) is 71.8 Å². The van der Waals surface area contributed by atoms with Crippen LogP contribution in [0.25, 0.3) is 0 Å². The Morgan fingerprint density at radius 3 is 2.38 bits per heavy atom. The molecule has 0 saturated carbocycles. The fourth-order valence-corrected chi connectivity index (χ4v) is 2.34. The van der Waals surface area contributed by atoms with E-state index in [0.29, 0.717) is 6.54 Å². The third-order valence-electron chi connectivity index (χ3n) is 3.98. The average molecular weight is 329 g/mol. The molecule has 0 spiro atoms. The largest absolute Gasteiger partial charge is 0.333 e. The maximum atomic E-state index is 12.3. The van der Waals surface area contributed by atoms with Crippen molar-refractivity contribution in [3.05, 3.63) is 42.5 Å². The predicted octanol–water partition coefficient (Wildman–Crippen LogP) is 3.42. The fourth-order valence-electron chi connectivity index (χ4n) is 2.34. The summed E-state index contributed by atoms with van der Waals surface area (Å²) in [5.74, 6) is 0.281. The lowest BCUT2D eigenvalue weighted by Crippen LogP contribution is -2.43. The molecule has 1 aromatic carbocycles. The van der Waals surface area contributed by atoms with E-state index in [2.05, 4.69) is 55.3 Å². The number of urea groups is 1. The van der Waals surface area contributed by atoms with Crippen LogP contribution in [0.3, 0.4) is 0 Å². The monoisotopic (exact) mass is 329 g/mol. The van der Waals surface area contributed by atoms with Gasteiger partial charge in [0.15, 0.2) is 0 Å². The van der Waals surface area contributed by atoms with Crippen molar-refractivity contribution in [1.82, 2.24) is 20.1 Å². The zero-order valence-electron chi connectivity index (χ0n) is 15.1. The molecule has 1 atom stereocenters. The molecule has 2 amide bonds. The maximum absolute atomic E-state index is 12.3. The van der Waals surface area contributed by atoms with Gasteiger partial charge >= 0.3 is 6.03 Å². The number of carbonyl (C=O) groups excluding carboxylic acids is 1. The summed E-state index contributed by atoms with van der Waals surface area (Å²) in [6, 6.07) is 7.72. The molecule has 0 aliphatic rings. The van der Waals surface area contributed by atoms with Crippen molar-refractivity contribution < 1.29 is 4.79 Å². The van der Waals surface area contributed by atoms with Gasteiger partial charge in [0.2, 0.25) is 0 Å². The third-order valence-corrected chi connectivity index (χ3v) is 3.98. The quantitative estimate of drug-likeness (QED) is 0.883. The first-order valence-electron chi connectivity index (χ1n) is 8.26. The second-order valence-corrected chi connectivity index (χ2v) is 7.39. The third kappa shape index (κ3) is 5.08. The van der Waals surface area contributed by atoms with Crippen LogP contribution in [0.4, 0.5) is 10.5 Å². The molecule has 0 aliphatic heterocycles. The van der Waals surface area contributed by atoms with Crippen LogP contribution < -0.4 is 10.6 Å². The lowest BCUT2D eigenvalue weighted by Gasteiger charge is -2.23. The first kappa shape index (κ1) is 18.0. The van der Waals surface area contributed by atoms with E-state index in [1.807, 2.05) is 24.3 Å². The predicted molar refractivity (Wildman–Crippen MR) is 95.9 cm³/mol. The van der Waals surface area contributed by atoms with E-state index >= 15 is 0 Å². The highest BCUT2D eigenvalue weighted by molar-refractivity contribution is 5.89. The summed E-state index contributed by atoms with van der Waals surface area (Å²) in [6.45, 7) is 11.2. The summed E-state index contributed by atoms with van der Waals surface area (Å²) < 4.78 is 1.73. The first-order valence-corrected chi connectivity index (χ1v) is 8.26. The molecule has 0 radical (unpaired) electrons. The van der Waals surface area contributed by atoms with Crippen LogP contribution in [-0.2, 0) is 12.0 Å². The average Bonchev–Trinajstić information content (AvgIpc) is 2.99. The van der Waals surface area contributed by atoms with Gasteiger partial charge in [-0.3, -0.25) is 4.68 Å². The maximum Gasteiger partial charge on any atom is 0.319 e. The van der Waals surface area contributed by atoms with Gasteiger partial charge in [0.25, 0.3) is 0 Å². The van der Waals surface area contributed by atoms with E-state index in [-0.39, 0.29) is 23.4 Å². The van der Waals surface area contributed by atoms with Crippen LogP contribution in [0.5, 0.6) is 0 Å². The molecule has 1 aromatic heterocycles. The van der Waals surface area contributed by atoms with Crippen LogP contribution >= 0.6 is 0 Å². The van der Waals surface area contributed by atoms with Gasteiger partial charge in [-0.25, -0.2) is 9.78 Å². The van der Waals surface area contributed by atoms with E-state index in [9.17, 15) is 4.79 Å². The minimum atomic E-state index is -0.211. The number of aromatic nitrogens is 3. The Balaban J connectivity index is 1.95. The second kappa shape index (κ2) is 7.47. The molecule has 0 bridgehead atoms. The number of hydrogen-bond donors (Lipinski definition) is 2. The van der Waals surface area contributed by atoms with Crippen molar-refractivity contribution in [3.63, 3.8) is 0 Å². The highest BCUT2D eigenvalue weighted by Gasteiger charge is 2.18. The van der Waals surface area contributed by atoms with Crippen molar-refractivity contribution in [2.75, 3.05) is 5.32 Å². The van der Waals surface area contributed by atoms with Crippen molar-refractivity contribution in [2.24, 2.45) is 5.92 Å². The number of rotatable bonds is 5. The SMILES string of the molecule is CC(C)C(Cn1cncn1)NC(=O)Nc1ccc(C(C)(C)C)cc1. The van der Waals surface area contributed by atoms with Crippen molar-refractivity contribution in [3.8, 4) is 0 Å². The Labute approximate surface area is 143 Å². The Morgan fingerprint density at radius 2 is 1.88 bits per heavy atom. The second-order valence-electron chi connectivity index (χ2n) is 7.39. The minimum Gasteiger partial charge on any atom is -0.333 e. The molecule has 24 heavy (non-hydrogen) atoms. The normalized spacial score (nSPS) is 12.9. The Hall–Kier alpha value is -2.37. The van der Waals surface area contributed by atoms with Gasteiger partial charge in [0.05, 0.1) is 12.6 Å². The number of nitrogens with one attached hydrogen (secondary N) is 2. The standard InChI is InChI=1S/C18H27N5O/c1-13(2)16(10-23-12-19-11-20-23)22-17(24)21-15-8-6-14(7-9-15)18(3,4)5/h6-9,11-13,16H,10H2,1-5H3,(H2,21,22,24). The smallest absolute Gasteiger partial charge is 0.319 e. The van der Waals surface area contributed by atoms with E-state index < -0.39 is 0 Å². The van der Waals surface area contributed by atoms with Crippen LogP contribution in [0.1, 0.15) is 40.2 Å². The van der Waals surface area contributed by atoms with Crippen LogP contribution in [0.15, 0.2) is 36.9 Å². The van der Waals surface area contributed by atoms with Gasteiger partial charge in [-0.1, -0.05) is 46.8 Å². The summed E-state index contributed by atoms with van der Waals surface area (Å²) in [7, 11) is 0. The van der Waals surface area contributed by atoms with Gasteiger partial charge in [-0.05, 0) is 29.0 Å². The highest BCUT2D eigenvalue weighted by atomic mass is 16.2. The van der Waals surface area contributed by atoms with Crippen LogP contribution in [0.2, 0.25) is 0 Å². The molecule has 1 heterocycles. The molecular weight excluding hydrogens is 302 g/mol. The molecule has 130 valence electrons. The lowest BCUT2D eigenvalue weighted by atomic mass is 9.87. The molecular formula is C18H27N5O. The summed E-state index contributed by atoms with van der Waals surface area (Å²) in [6.07, 6.45) is 3.15. The van der Waals surface area contributed by atoms with Gasteiger partial charge in [-0.15, -0.1) is 0 Å². The lowest BCUT2D eigenvalue weighted by molar-refractivity contribution is 0.240. The molecule has 0 aliphatic carbocycles. The molecule has 1 unspecified atom stereocenters. The summed E-state index contributed by atoms with van der Waals surface area (Å²) in [5, 5.41) is 10.00. The number of amides is 2. The highest BCUT2D eigenvalue weighted by Crippen LogP contribution is 2.23. The molecule has 6 nitrogen and oxygen atoms in total.